The van der Waals surface area contributed by atoms with E-state index in [1.54, 1.807) is 7.11 Å². The second kappa shape index (κ2) is 4.25. The molecule has 1 aliphatic heterocycles. The van der Waals surface area contributed by atoms with Gasteiger partial charge in [-0.1, -0.05) is 12.2 Å². The number of hydrogen-bond acceptors (Lipinski definition) is 3. The molecule has 1 fully saturated rings. The van der Waals surface area contributed by atoms with Crippen LogP contribution in [0.15, 0.2) is 6.07 Å². The molecule has 14 heavy (non-hydrogen) atoms. The van der Waals surface area contributed by atoms with E-state index in [0.29, 0.717) is 12.6 Å². The molecule has 0 bridgehead atoms. The maximum Gasteiger partial charge on any atom is 0.122 e. The summed E-state index contributed by atoms with van der Waals surface area (Å²) in [5.41, 5.74) is 1.02. The molecule has 1 N–H and O–H groups in total. The van der Waals surface area contributed by atoms with Crippen molar-refractivity contribution >= 4 is 12.2 Å². The molecule has 78 valence electrons. The second-order valence-electron chi connectivity index (χ2n) is 3.44. The Labute approximate surface area is 87.8 Å². The fourth-order valence-electron chi connectivity index (χ4n) is 1.69. The van der Waals surface area contributed by atoms with Gasteiger partial charge in [-0.2, -0.15) is 0 Å². The van der Waals surface area contributed by atoms with E-state index in [9.17, 15) is 0 Å². The summed E-state index contributed by atoms with van der Waals surface area (Å²) in [4.78, 5) is 0. The molecule has 5 heteroatoms. The first-order valence-electron chi connectivity index (χ1n) is 4.68. The molecule has 0 radical (unpaired) electrons. The summed E-state index contributed by atoms with van der Waals surface area (Å²) in [7, 11) is 1.67. The van der Waals surface area contributed by atoms with E-state index in [1.165, 1.54) is 0 Å². The molecule has 1 saturated heterocycles. The van der Waals surface area contributed by atoms with Crippen molar-refractivity contribution in [1.29, 1.82) is 0 Å². The van der Waals surface area contributed by atoms with Gasteiger partial charge in [-0.15, -0.1) is 0 Å². The maximum absolute atomic E-state index is 5.32. The van der Waals surface area contributed by atoms with Crippen LogP contribution in [-0.2, 0) is 16.1 Å². The van der Waals surface area contributed by atoms with Crippen LogP contribution in [0, 0.1) is 4.64 Å². The molecule has 2 heterocycles. The first kappa shape index (κ1) is 9.89. The number of methoxy groups -OCH3 is 1. The molecule has 4 nitrogen and oxygen atoms in total. The second-order valence-corrected chi connectivity index (χ2v) is 3.86. The number of H-pyrrole nitrogens is 1. The first-order chi connectivity index (χ1) is 6.81. The van der Waals surface area contributed by atoms with Crippen LogP contribution >= 0.6 is 12.2 Å². The predicted molar refractivity (Wildman–Crippen MR) is 54.8 cm³/mol. The van der Waals surface area contributed by atoms with Gasteiger partial charge in [0.15, 0.2) is 0 Å². The Morgan fingerprint density at radius 2 is 2.64 bits per heavy atom. The van der Waals surface area contributed by atoms with E-state index in [0.717, 1.165) is 30.0 Å². The van der Waals surface area contributed by atoms with E-state index < -0.39 is 0 Å². The number of nitrogens with zero attached hydrogens (tertiary/aromatic N) is 1. The Morgan fingerprint density at radius 3 is 3.29 bits per heavy atom. The highest BCUT2D eigenvalue weighted by Crippen LogP contribution is 2.19. The smallest absolute Gasteiger partial charge is 0.122 e. The molecule has 0 saturated carbocycles. The monoisotopic (exact) mass is 214 g/mol. The van der Waals surface area contributed by atoms with Crippen LogP contribution in [0.25, 0.3) is 0 Å². The molecule has 1 aliphatic rings. The van der Waals surface area contributed by atoms with Crippen molar-refractivity contribution in [3.8, 4) is 0 Å². The summed E-state index contributed by atoms with van der Waals surface area (Å²) in [5.74, 6) is 0. The zero-order chi connectivity index (χ0) is 9.97. The minimum Gasteiger partial charge on any atom is -0.379 e. The van der Waals surface area contributed by atoms with Crippen molar-refractivity contribution in [2.24, 2.45) is 0 Å². The summed E-state index contributed by atoms with van der Waals surface area (Å²) < 4.78 is 13.2. The average molecular weight is 214 g/mol. The SMILES string of the molecule is COCc1cc(=S)n(C2CCOC2)[nH]1. The standard InChI is InChI=1S/C9H14N2O2S/c1-12-5-7-4-9(14)11(10-7)8-2-3-13-6-8/h4,8,10H,2-3,5-6H2,1H3. The molecule has 1 atom stereocenters. The van der Waals surface area contributed by atoms with Crippen LogP contribution in [-0.4, -0.2) is 30.1 Å². The lowest BCUT2D eigenvalue weighted by atomic mass is 10.3. The normalized spacial score (nSPS) is 21.6. The van der Waals surface area contributed by atoms with Crippen LogP contribution in [0.2, 0.25) is 0 Å². The van der Waals surface area contributed by atoms with Crippen molar-refractivity contribution in [2.45, 2.75) is 19.1 Å². The van der Waals surface area contributed by atoms with Gasteiger partial charge in [0.1, 0.15) is 4.64 Å². The van der Waals surface area contributed by atoms with Crippen LogP contribution in [0.5, 0.6) is 0 Å². The van der Waals surface area contributed by atoms with Gasteiger partial charge in [0, 0.05) is 13.7 Å². The van der Waals surface area contributed by atoms with Gasteiger partial charge in [0.25, 0.3) is 0 Å². The number of hydrogen-bond donors (Lipinski definition) is 1. The number of ether oxygens (including phenoxy) is 2. The highest BCUT2D eigenvalue weighted by molar-refractivity contribution is 7.71. The predicted octanol–water partition coefficient (Wildman–Crippen LogP) is 1.65. The molecule has 0 amide bonds. The maximum atomic E-state index is 5.32. The minimum atomic E-state index is 0.369. The van der Waals surface area contributed by atoms with E-state index in [1.807, 2.05) is 10.7 Å². The van der Waals surface area contributed by atoms with E-state index >= 15 is 0 Å². The van der Waals surface area contributed by atoms with E-state index in [4.69, 9.17) is 21.7 Å². The number of rotatable bonds is 3. The number of aromatic amines is 1. The van der Waals surface area contributed by atoms with Crippen molar-refractivity contribution in [3.63, 3.8) is 0 Å². The zero-order valence-corrected chi connectivity index (χ0v) is 8.97. The molecule has 0 aromatic carbocycles. The molecule has 1 aromatic rings. The average Bonchev–Trinajstić information content (AvgIpc) is 2.74. The van der Waals surface area contributed by atoms with Crippen molar-refractivity contribution in [3.05, 3.63) is 16.4 Å². The third-order valence-corrected chi connectivity index (χ3v) is 2.68. The fraction of sp³-hybridized carbons (Fsp3) is 0.667. The lowest BCUT2D eigenvalue weighted by Crippen LogP contribution is -2.10. The van der Waals surface area contributed by atoms with Gasteiger partial charge in [-0.05, 0) is 12.5 Å². The van der Waals surface area contributed by atoms with Gasteiger partial charge in [0.2, 0.25) is 0 Å². The largest absolute Gasteiger partial charge is 0.379 e. The lowest BCUT2D eigenvalue weighted by Gasteiger charge is -2.09. The number of nitrogens with one attached hydrogen (secondary N) is 1. The number of aromatic nitrogens is 2. The Bertz CT molecular complexity index is 352. The Hall–Kier alpha value is -0.650. The van der Waals surface area contributed by atoms with Crippen LogP contribution < -0.4 is 0 Å². The summed E-state index contributed by atoms with van der Waals surface area (Å²) in [6.07, 6.45) is 1.03. The molecule has 0 spiro atoms. The molecular formula is C9H14N2O2S. The summed E-state index contributed by atoms with van der Waals surface area (Å²) in [6, 6.07) is 2.31. The Morgan fingerprint density at radius 1 is 1.79 bits per heavy atom. The van der Waals surface area contributed by atoms with Gasteiger partial charge in [-0.25, -0.2) is 0 Å². The van der Waals surface area contributed by atoms with Crippen LogP contribution in [0.4, 0.5) is 0 Å². The van der Waals surface area contributed by atoms with E-state index in [2.05, 4.69) is 5.10 Å². The van der Waals surface area contributed by atoms with Crippen LogP contribution in [0.1, 0.15) is 18.2 Å². The van der Waals surface area contributed by atoms with Gasteiger partial charge in [-0.3, -0.25) is 9.78 Å². The van der Waals surface area contributed by atoms with Gasteiger partial charge < -0.3 is 9.47 Å². The zero-order valence-electron chi connectivity index (χ0n) is 8.16. The molecule has 0 aliphatic carbocycles. The van der Waals surface area contributed by atoms with Gasteiger partial charge in [0.05, 0.1) is 24.9 Å². The van der Waals surface area contributed by atoms with Crippen molar-refractivity contribution in [2.75, 3.05) is 20.3 Å². The fourth-order valence-corrected chi connectivity index (χ4v) is 2.02. The van der Waals surface area contributed by atoms with Crippen molar-refractivity contribution < 1.29 is 9.47 Å². The third-order valence-electron chi connectivity index (χ3n) is 2.37. The highest BCUT2D eigenvalue weighted by atomic mass is 32.1. The van der Waals surface area contributed by atoms with Gasteiger partial charge >= 0.3 is 0 Å². The molecule has 1 aromatic heterocycles. The van der Waals surface area contributed by atoms with Crippen LogP contribution in [0.3, 0.4) is 0 Å². The summed E-state index contributed by atoms with van der Waals surface area (Å²) in [5, 5.41) is 3.23. The van der Waals surface area contributed by atoms with Crippen molar-refractivity contribution in [1.82, 2.24) is 9.78 Å². The lowest BCUT2D eigenvalue weighted by molar-refractivity contribution is 0.176. The molecule has 1 unspecified atom stereocenters. The Kier molecular flexibility index (Phi) is 3.00. The molecular weight excluding hydrogens is 200 g/mol. The minimum absolute atomic E-state index is 0.369. The summed E-state index contributed by atoms with van der Waals surface area (Å²) in [6.45, 7) is 2.15. The molecule has 2 rings (SSSR count). The third kappa shape index (κ3) is 1.89. The first-order valence-corrected chi connectivity index (χ1v) is 5.09. The summed E-state index contributed by atoms with van der Waals surface area (Å²) >= 11 is 5.24. The Balaban J connectivity index is 2.20. The quantitative estimate of drug-likeness (QED) is 0.778. The topological polar surface area (TPSA) is 39.2 Å². The highest BCUT2D eigenvalue weighted by Gasteiger charge is 2.18. The van der Waals surface area contributed by atoms with E-state index in [-0.39, 0.29) is 0 Å².